The van der Waals surface area contributed by atoms with Crippen LogP contribution in [-0.2, 0) is 16.0 Å². The molecule has 0 aliphatic carbocycles. The normalized spacial score (nSPS) is 18.6. The van der Waals surface area contributed by atoms with Crippen molar-refractivity contribution in [2.75, 3.05) is 38.3 Å². The molecule has 0 N–H and O–H groups in total. The summed E-state index contributed by atoms with van der Waals surface area (Å²) in [5, 5.41) is 8.40. The lowest BCUT2D eigenvalue weighted by Crippen LogP contribution is -2.47. The van der Waals surface area contributed by atoms with E-state index in [4.69, 9.17) is 9.47 Å². The Morgan fingerprint density at radius 2 is 1.78 bits per heavy atom. The van der Waals surface area contributed by atoms with Crippen molar-refractivity contribution in [2.24, 2.45) is 0 Å². The Balaban J connectivity index is 1.36. The van der Waals surface area contributed by atoms with Gasteiger partial charge in [-0.05, 0) is 17.7 Å². The summed E-state index contributed by atoms with van der Waals surface area (Å²) in [5.74, 6) is 0.167. The highest BCUT2D eigenvalue weighted by Crippen LogP contribution is 2.31. The van der Waals surface area contributed by atoms with E-state index in [2.05, 4.69) is 22.3 Å². The number of hydrogen-bond donors (Lipinski definition) is 0. The van der Waals surface area contributed by atoms with Crippen molar-refractivity contribution in [1.82, 2.24) is 15.1 Å². The molecule has 1 aromatic carbocycles. The van der Waals surface area contributed by atoms with Gasteiger partial charge in [0.15, 0.2) is 17.3 Å². The summed E-state index contributed by atoms with van der Waals surface area (Å²) in [6.45, 7) is 3.22. The molecule has 2 aliphatic heterocycles. The van der Waals surface area contributed by atoms with Gasteiger partial charge in [-0.1, -0.05) is 30.3 Å². The number of likely N-dealkylation sites (tertiary alicyclic amines) is 1. The number of carbonyl (C=O) groups is 1. The molecular formula is C20H24N4O3. The smallest absolute Gasteiger partial charge is 0.274 e. The van der Waals surface area contributed by atoms with Crippen LogP contribution in [0.2, 0.25) is 0 Å². The first kappa shape index (κ1) is 17.9. The number of hydrogen-bond acceptors (Lipinski definition) is 6. The van der Waals surface area contributed by atoms with Gasteiger partial charge in [0.1, 0.15) is 0 Å². The van der Waals surface area contributed by atoms with Crippen molar-refractivity contribution < 1.29 is 14.3 Å². The number of benzene rings is 1. The lowest BCUT2D eigenvalue weighted by Gasteiger charge is -2.37. The van der Waals surface area contributed by atoms with Crippen LogP contribution in [0.4, 0.5) is 5.82 Å². The van der Waals surface area contributed by atoms with Crippen molar-refractivity contribution in [3.8, 4) is 0 Å². The first-order valence-electron chi connectivity index (χ1n) is 9.31. The summed E-state index contributed by atoms with van der Waals surface area (Å²) in [7, 11) is 1.96. The fourth-order valence-electron chi connectivity index (χ4n) is 3.58. The van der Waals surface area contributed by atoms with Crippen LogP contribution in [0.1, 0.15) is 28.9 Å². The second-order valence-electron chi connectivity index (χ2n) is 7.02. The predicted octanol–water partition coefficient (Wildman–Crippen LogP) is 2.09. The van der Waals surface area contributed by atoms with Gasteiger partial charge in [0, 0.05) is 39.5 Å². The van der Waals surface area contributed by atoms with Gasteiger partial charge >= 0.3 is 0 Å². The molecule has 3 heterocycles. The fourth-order valence-corrected chi connectivity index (χ4v) is 3.58. The first-order valence-corrected chi connectivity index (χ1v) is 9.31. The minimum absolute atomic E-state index is 0.0902. The maximum absolute atomic E-state index is 12.7. The number of anilines is 1. The lowest BCUT2D eigenvalue weighted by atomic mass is 10.0. The zero-order valence-corrected chi connectivity index (χ0v) is 15.5. The molecule has 27 heavy (non-hydrogen) atoms. The topological polar surface area (TPSA) is 67.8 Å². The van der Waals surface area contributed by atoms with E-state index in [-0.39, 0.29) is 5.91 Å². The third-order valence-electron chi connectivity index (χ3n) is 5.15. The molecule has 7 nitrogen and oxygen atoms in total. The molecule has 2 saturated heterocycles. The van der Waals surface area contributed by atoms with Gasteiger partial charge in [-0.15, -0.1) is 10.2 Å². The largest absolute Gasteiger partial charge is 0.354 e. The number of amides is 1. The average Bonchev–Trinajstić information content (AvgIpc) is 3.17. The van der Waals surface area contributed by atoms with Crippen molar-refractivity contribution >= 4 is 11.7 Å². The molecular weight excluding hydrogens is 344 g/mol. The van der Waals surface area contributed by atoms with Gasteiger partial charge in [-0.25, -0.2) is 0 Å². The van der Waals surface area contributed by atoms with Crippen molar-refractivity contribution in [2.45, 2.75) is 25.2 Å². The van der Waals surface area contributed by atoms with Crippen molar-refractivity contribution in [3.63, 3.8) is 0 Å². The molecule has 7 heteroatoms. The molecule has 1 amide bonds. The van der Waals surface area contributed by atoms with E-state index in [1.54, 1.807) is 11.0 Å². The molecule has 1 aromatic heterocycles. The fraction of sp³-hybridized carbons (Fsp3) is 0.450. The van der Waals surface area contributed by atoms with Gasteiger partial charge in [-0.3, -0.25) is 4.79 Å². The number of aromatic nitrogens is 2. The Labute approximate surface area is 158 Å². The number of carbonyl (C=O) groups excluding carboxylic acids is 1. The third kappa shape index (κ3) is 3.94. The van der Waals surface area contributed by atoms with E-state index >= 15 is 0 Å². The second-order valence-corrected chi connectivity index (χ2v) is 7.02. The van der Waals surface area contributed by atoms with E-state index < -0.39 is 5.79 Å². The lowest BCUT2D eigenvalue weighted by molar-refractivity contribution is -0.181. The minimum Gasteiger partial charge on any atom is -0.354 e. The highest BCUT2D eigenvalue weighted by Gasteiger charge is 2.41. The Kier molecular flexibility index (Phi) is 5.05. The number of rotatable bonds is 4. The second kappa shape index (κ2) is 7.62. The van der Waals surface area contributed by atoms with Crippen LogP contribution in [0.3, 0.4) is 0 Å². The van der Waals surface area contributed by atoms with E-state index in [1.807, 2.05) is 36.2 Å². The molecule has 0 bridgehead atoms. The highest BCUT2D eigenvalue weighted by molar-refractivity contribution is 5.92. The summed E-state index contributed by atoms with van der Waals surface area (Å²) < 4.78 is 11.4. The molecule has 1 spiro atoms. The summed E-state index contributed by atoms with van der Waals surface area (Å²) in [5.41, 5.74) is 1.57. The van der Waals surface area contributed by atoms with Crippen LogP contribution in [-0.4, -0.2) is 60.1 Å². The number of ether oxygens (including phenoxy) is 2. The van der Waals surface area contributed by atoms with Crippen LogP contribution >= 0.6 is 0 Å². The monoisotopic (exact) mass is 368 g/mol. The van der Waals surface area contributed by atoms with E-state index in [9.17, 15) is 4.79 Å². The molecule has 2 aliphatic rings. The minimum atomic E-state index is -0.480. The Bertz CT molecular complexity index is 766. The zero-order valence-electron chi connectivity index (χ0n) is 15.5. The van der Waals surface area contributed by atoms with Crippen LogP contribution < -0.4 is 4.90 Å². The van der Waals surface area contributed by atoms with Gasteiger partial charge in [0.05, 0.1) is 13.2 Å². The van der Waals surface area contributed by atoms with Gasteiger partial charge in [-0.2, -0.15) is 0 Å². The third-order valence-corrected chi connectivity index (χ3v) is 5.15. The molecule has 0 atom stereocenters. The zero-order chi connectivity index (χ0) is 18.7. The van der Waals surface area contributed by atoms with Crippen LogP contribution in [0.25, 0.3) is 0 Å². The molecule has 142 valence electrons. The SMILES string of the molecule is CN(Cc1ccccc1)c1ccc(C(=O)N2CCC3(CC2)OCCO3)nn1. The van der Waals surface area contributed by atoms with Gasteiger partial charge in [0.2, 0.25) is 0 Å². The molecule has 0 radical (unpaired) electrons. The quantitative estimate of drug-likeness (QED) is 0.823. The maximum atomic E-state index is 12.7. The predicted molar refractivity (Wildman–Crippen MR) is 100 cm³/mol. The van der Waals surface area contributed by atoms with Gasteiger partial charge < -0.3 is 19.3 Å². The maximum Gasteiger partial charge on any atom is 0.274 e. The Morgan fingerprint density at radius 3 is 2.41 bits per heavy atom. The average molecular weight is 368 g/mol. The van der Waals surface area contributed by atoms with Gasteiger partial charge in [0.25, 0.3) is 5.91 Å². The number of piperidine rings is 1. The van der Waals surface area contributed by atoms with Crippen LogP contribution in [0.5, 0.6) is 0 Å². The van der Waals surface area contributed by atoms with E-state index in [0.717, 1.165) is 12.4 Å². The summed E-state index contributed by atoms with van der Waals surface area (Å²) in [6.07, 6.45) is 1.40. The van der Waals surface area contributed by atoms with Crippen LogP contribution in [0.15, 0.2) is 42.5 Å². The van der Waals surface area contributed by atoms with Crippen molar-refractivity contribution in [1.29, 1.82) is 0 Å². The molecule has 0 unspecified atom stereocenters. The molecule has 2 aromatic rings. The standard InChI is InChI=1S/C20H24N4O3/c1-23(15-16-5-3-2-4-6-16)18-8-7-17(21-22-18)19(25)24-11-9-20(10-12-24)26-13-14-27-20/h2-8H,9-15H2,1H3. The summed E-state index contributed by atoms with van der Waals surface area (Å²) in [6, 6.07) is 13.8. The summed E-state index contributed by atoms with van der Waals surface area (Å²) in [4.78, 5) is 16.5. The number of nitrogens with zero attached hydrogens (tertiary/aromatic N) is 4. The highest BCUT2D eigenvalue weighted by atomic mass is 16.7. The molecule has 0 saturated carbocycles. The summed E-state index contributed by atoms with van der Waals surface area (Å²) >= 11 is 0. The Hall–Kier alpha value is -2.51. The first-order chi connectivity index (χ1) is 13.2. The van der Waals surface area contributed by atoms with E-state index in [0.29, 0.717) is 44.8 Å². The van der Waals surface area contributed by atoms with Crippen molar-refractivity contribution in [3.05, 3.63) is 53.7 Å². The Morgan fingerprint density at radius 1 is 1.07 bits per heavy atom. The molecule has 2 fully saturated rings. The van der Waals surface area contributed by atoms with E-state index in [1.165, 1.54) is 5.56 Å². The molecule has 4 rings (SSSR count). The van der Waals surface area contributed by atoms with Crippen LogP contribution in [0, 0.1) is 0 Å².